The van der Waals surface area contributed by atoms with Crippen LogP contribution in [-0.4, -0.2) is 23.2 Å². The first-order valence-corrected chi connectivity index (χ1v) is 10.4. The van der Waals surface area contributed by atoms with Crippen molar-refractivity contribution >= 4 is 29.2 Å². The number of hydrogen-bond acceptors (Lipinski definition) is 3. The number of carboxylic acid groups (broad SMARTS) is 1. The minimum absolute atomic E-state index is 0.200. The third-order valence-corrected chi connectivity index (χ3v) is 6.55. The number of benzene rings is 2. The molecule has 0 unspecified atom stereocenters. The number of carboxylic acids is 1. The van der Waals surface area contributed by atoms with Crippen molar-refractivity contribution in [2.45, 2.75) is 50.2 Å². The molecule has 2 aromatic carbocycles. The van der Waals surface area contributed by atoms with E-state index in [1.807, 2.05) is 30.3 Å². The molecule has 0 spiro atoms. The van der Waals surface area contributed by atoms with Gasteiger partial charge in [-0.05, 0) is 41.3 Å². The Morgan fingerprint density at radius 2 is 1.79 bits per heavy atom. The predicted molar refractivity (Wildman–Crippen MR) is 114 cm³/mol. The second kappa shape index (κ2) is 8.42. The van der Waals surface area contributed by atoms with Crippen molar-refractivity contribution < 1.29 is 9.90 Å². The van der Waals surface area contributed by atoms with Gasteiger partial charge in [-0.25, -0.2) is 0 Å². The molecule has 1 aliphatic rings. The summed E-state index contributed by atoms with van der Waals surface area (Å²) < 4.78 is 0. The van der Waals surface area contributed by atoms with Crippen molar-refractivity contribution in [1.82, 2.24) is 5.32 Å². The van der Waals surface area contributed by atoms with Gasteiger partial charge in [0.15, 0.2) is 0 Å². The highest BCUT2D eigenvalue weighted by molar-refractivity contribution is 6.30. The van der Waals surface area contributed by atoms with E-state index in [2.05, 4.69) is 19.2 Å². The minimum atomic E-state index is -0.922. The average Bonchev–Trinajstić information content (AvgIpc) is 2.98. The molecule has 4 nitrogen and oxygen atoms in total. The van der Waals surface area contributed by atoms with E-state index < -0.39 is 23.5 Å². The smallest absolute Gasteiger partial charge is 0.321 e. The van der Waals surface area contributed by atoms with Crippen LogP contribution in [-0.2, 0) is 10.3 Å². The summed E-state index contributed by atoms with van der Waals surface area (Å²) in [6.45, 7) is 4.22. The topological polar surface area (TPSA) is 75.3 Å². The third kappa shape index (κ3) is 3.67. The molecule has 0 bridgehead atoms. The first-order valence-electron chi connectivity index (χ1n) is 9.62. The Kier molecular flexibility index (Phi) is 6.35. The van der Waals surface area contributed by atoms with Gasteiger partial charge in [0.2, 0.25) is 0 Å². The quantitative estimate of drug-likeness (QED) is 0.627. The molecular formula is C22H26Cl2N2O2. The fourth-order valence-corrected chi connectivity index (χ4v) is 4.99. The maximum atomic E-state index is 12.2. The molecule has 1 saturated heterocycles. The Bertz CT molecular complexity index is 839. The van der Waals surface area contributed by atoms with Crippen LogP contribution in [0.4, 0.5) is 0 Å². The second-order valence-corrected chi connectivity index (χ2v) is 8.38. The van der Waals surface area contributed by atoms with E-state index in [9.17, 15) is 9.90 Å². The highest BCUT2D eigenvalue weighted by atomic mass is 35.5. The Morgan fingerprint density at radius 3 is 2.32 bits per heavy atom. The molecule has 150 valence electrons. The van der Waals surface area contributed by atoms with Crippen molar-refractivity contribution in [3.63, 3.8) is 0 Å². The van der Waals surface area contributed by atoms with E-state index >= 15 is 0 Å². The molecule has 1 aliphatic heterocycles. The Morgan fingerprint density at radius 1 is 1.14 bits per heavy atom. The molecule has 4 N–H and O–H groups in total. The van der Waals surface area contributed by atoms with Gasteiger partial charge in [0, 0.05) is 22.0 Å². The Labute approximate surface area is 176 Å². The van der Waals surface area contributed by atoms with Gasteiger partial charge >= 0.3 is 5.97 Å². The van der Waals surface area contributed by atoms with Crippen molar-refractivity contribution in [2.24, 2.45) is 11.7 Å². The van der Waals surface area contributed by atoms with E-state index in [0.717, 1.165) is 24.0 Å². The Balaban J connectivity index is 2.23. The van der Waals surface area contributed by atoms with Gasteiger partial charge in [-0.15, -0.1) is 0 Å². The maximum Gasteiger partial charge on any atom is 0.321 e. The highest BCUT2D eigenvalue weighted by Gasteiger charge is 2.57. The van der Waals surface area contributed by atoms with Crippen molar-refractivity contribution in [2.75, 3.05) is 0 Å². The first-order chi connectivity index (χ1) is 13.3. The monoisotopic (exact) mass is 420 g/mol. The lowest BCUT2D eigenvalue weighted by Gasteiger charge is -2.40. The Hall–Kier alpha value is -1.59. The molecule has 3 rings (SSSR count). The van der Waals surface area contributed by atoms with Crippen molar-refractivity contribution in [3.8, 4) is 0 Å². The second-order valence-electron chi connectivity index (χ2n) is 7.51. The number of aliphatic carboxylic acids is 1. The number of rotatable bonds is 6. The van der Waals surface area contributed by atoms with Gasteiger partial charge in [-0.1, -0.05) is 74.2 Å². The zero-order valence-electron chi connectivity index (χ0n) is 16.0. The van der Waals surface area contributed by atoms with Crippen LogP contribution in [0, 0.1) is 5.92 Å². The first kappa shape index (κ1) is 21.1. The standard InChI is InChI=1S/C22H26Cl2N2O2/c1-3-13(4-2)20-22(25,15-8-10-16(23)11-9-15)18(19(26-20)21(27)28)14-6-5-7-17(24)12-14/h5-13,18-20,26H,3-4,25H2,1-2H3,(H,27,28)/t18-,19+,20-,22-/m0/s1. The molecule has 0 saturated carbocycles. The van der Waals surface area contributed by atoms with Crippen molar-refractivity contribution in [1.29, 1.82) is 0 Å². The lowest BCUT2D eigenvalue weighted by atomic mass is 9.68. The fourth-order valence-electron chi connectivity index (χ4n) is 4.66. The largest absolute Gasteiger partial charge is 0.480 e. The molecule has 4 atom stereocenters. The number of nitrogens with one attached hydrogen (secondary N) is 1. The molecule has 1 fully saturated rings. The van der Waals surface area contributed by atoms with Crippen LogP contribution < -0.4 is 11.1 Å². The summed E-state index contributed by atoms with van der Waals surface area (Å²) in [5, 5.41) is 14.6. The fraction of sp³-hybridized carbons (Fsp3) is 0.409. The van der Waals surface area contributed by atoms with Crippen molar-refractivity contribution in [3.05, 3.63) is 69.7 Å². The summed E-state index contributed by atoms with van der Waals surface area (Å²) in [5.41, 5.74) is 7.94. The van der Waals surface area contributed by atoms with E-state index in [0.29, 0.717) is 10.0 Å². The van der Waals surface area contributed by atoms with E-state index in [-0.39, 0.29) is 12.0 Å². The zero-order valence-corrected chi connectivity index (χ0v) is 17.5. The molecule has 0 aromatic heterocycles. The van der Waals surface area contributed by atoms with Gasteiger partial charge in [-0.2, -0.15) is 0 Å². The summed E-state index contributed by atoms with van der Waals surface area (Å²) in [5.74, 6) is -1.16. The summed E-state index contributed by atoms with van der Waals surface area (Å²) >= 11 is 12.3. The molecule has 1 heterocycles. The van der Waals surface area contributed by atoms with Gasteiger partial charge in [0.05, 0.1) is 5.54 Å². The van der Waals surface area contributed by atoms with Crippen LogP contribution in [0.1, 0.15) is 43.7 Å². The average molecular weight is 421 g/mol. The molecular weight excluding hydrogens is 395 g/mol. The lowest BCUT2D eigenvalue weighted by Crippen LogP contribution is -2.53. The predicted octanol–water partition coefficient (Wildman–Crippen LogP) is 4.79. The maximum absolute atomic E-state index is 12.2. The van der Waals surface area contributed by atoms with E-state index in [1.54, 1.807) is 18.2 Å². The summed E-state index contributed by atoms with van der Waals surface area (Å²) in [6, 6.07) is 13.7. The van der Waals surface area contributed by atoms with Gasteiger partial charge < -0.3 is 10.8 Å². The van der Waals surface area contributed by atoms with Crippen LogP contribution >= 0.6 is 23.2 Å². The van der Waals surface area contributed by atoms with Crippen LogP contribution in [0.25, 0.3) is 0 Å². The molecule has 6 heteroatoms. The zero-order chi connectivity index (χ0) is 20.5. The molecule has 0 radical (unpaired) electrons. The summed E-state index contributed by atoms with van der Waals surface area (Å²) in [6.07, 6.45) is 1.80. The molecule has 0 aliphatic carbocycles. The summed E-state index contributed by atoms with van der Waals surface area (Å²) in [7, 11) is 0. The SMILES string of the molecule is CCC(CC)[C@@H]1N[C@@H](C(=O)O)[C@H](c2cccc(Cl)c2)[C@@]1(N)c1ccc(Cl)cc1. The number of hydrogen-bond donors (Lipinski definition) is 3. The number of nitrogens with two attached hydrogens (primary N) is 1. The number of halogens is 2. The molecule has 28 heavy (non-hydrogen) atoms. The van der Waals surface area contributed by atoms with E-state index in [1.165, 1.54) is 0 Å². The minimum Gasteiger partial charge on any atom is -0.480 e. The van der Waals surface area contributed by atoms with Crippen LogP contribution in [0.3, 0.4) is 0 Å². The van der Waals surface area contributed by atoms with Crippen LogP contribution in [0.15, 0.2) is 48.5 Å². The highest BCUT2D eigenvalue weighted by Crippen LogP contribution is 2.48. The van der Waals surface area contributed by atoms with Crippen LogP contribution in [0.5, 0.6) is 0 Å². The van der Waals surface area contributed by atoms with Gasteiger partial charge in [0.1, 0.15) is 6.04 Å². The lowest BCUT2D eigenvalue weighted by molar-refractivity contribution is -0.139. The summed E-state index contributed by atoms with van der Waals surface area (Å²) in [4.78, 5) is 12.2. The third-order valence-electron chi connectivity index (χ3n) is 6.06. The molecule has 2 aromatic rings. The number of carbonyl (C=O) groups is 1. The normalized spacial score (nSPS) is 27.3. The molecule has 0 amide bonds. The van der Waals surface area contributed by atoms with E-state index in [4.69, 9.17) is 28.9 Å². The van der Waals surface area contributed by atoms with Gasteiger partial charge in [-0.3, -0.25) is 10.1 Å². The van der Waals surface area contributed by atoms with Gasteiger partial charge in [0.25, 0.3) is 0 Å². The van der Waals surface area contributed by atoms with Crippen LogP contribution in [0.2, 0.25) is 10.0 Å².